The van der Waals surface area contributed by atoms with Crippen LogP contribution in [0.25, 0.3) is 22.8 Å². The number of hydrogen-bond donors (Lipinski definition) is 0. The van der Waals surface area contributed by atoms with Crippen molar-refractivity contribution in [3.05, 3.63) is 39.1 Å². The second-order valence-electron chi connectivity index (χ2n) is 6.09. The van der Waals surface area contributed by atoms with E-state index in [-0.39, 0.29) is 6.10 Å². The lowest BCUT2D eigenvalue weighted by atomic mass is 10.2. The molecule has 0 aliphatic heterocycles. The smallest absolute Gasteiger partial charge is 0.259 e. The van der Waals surface area contributed by atoms with E-state index in [1.807, 2.05) is 39.0 Å². The Labute approximate surface area is 176 Å². The van der Waals surface area contributed by atoms with Crippen molar-refractivity contribution in [3.8, 4) is 34.5 Å². The molecule has 0 saturated heterocycles. The number of benzene rings is 1. The predicted molar refractivity (Wildman–Crippen MR) is 112 cm³/mol. The van der Waals surface area contributed by atoms with Crippen LogP contribution < -0.4 is 9.47 Å². The summed E-state index contributed by atoms with van der Waals surface area (Å²) in [5.74, 6) is 2.06. The molecule has 142 valence electrons. The Balaban J connectivity index is 1.82. The minimum Gasteiger partial charge on any atom is -0.490 e. The van der Waals surface area contributed by atoms with Crippen LogP contribution in [0.2, 0.25) is 5.02 Å². The summed E-state index contributed by atoms with van der Waals surface area (Å²) >= 11 is 8.46. The summed E-state index contributed by atoms with van der Waals surface area (Å²) in [6.45, 7) is 6.57. The van der Waals surface area contributed by atoms with Gasteiger partial charge in [0.05, 0.1) is 21.8 Å². The molecule has 2 aromatic heterocycles. The van der Waals surface area contributed by atoms with Gasteiger partial charge in [-0.25, -0.2) is 4.98 Å². The van der Waals surface area contributed by atoms with E-state index in [1.54, 1.807) is 12.3 Å². The first kappa shape index (κ1) is 19.9. The SMILES string of the molecule is CCCOc1ncc(-c2nc(-c3ccc(OC(C)C)c(I)c3)no2)cc1Cl. The molecule has 0 amide bonds. The average molecular weight is 500 g/mol. The monoisotopic (exact) mass is 499 g/mol. The highest BCUT2D eigenvalue weighted by atomic mass is 127. The molecular weight excluding hydrogens is 481 g/mol. The lowest BCUT2D eigenvalue weighted by molar-refractivity contribution is 0.240. The van der Waals surface area contributed by atoms with Gasteiger partial charge in [-0.15, -0.1) is 0 Å². The van der Waals surface area contributed by atoms with Crippen LogP contribution >= 0.6 is 34.2 Å². The Bertz CT molecular complexity index is 930. The molecule has 0 radical (unpaired) electrons. The highest BCUT2D eigenvalue weighted by molar-refractivity contribution is 14.1. The Morgan fingerprint density at radius 2 is 2.04 bits per heavy atom. The van der Waals surface area contributed by atoms with Crippen LogP contribution in [0.15, 0.2) is 35.0 Å². The normalized spacial score (nSPS) is 11.0. The van der Waals surface area contributed by atoms with E-state index in [2.05, 4.69) is 37.7 Å². The first-order valence-corrected chi connectivity index (χ1v) is 10.0. The van der Waals surface area contributed by atoms with Crippen molar-refractivity contribution in [2.24, 2.45) is 0 Å². The molecule has 0 bridgehead atoms. The van der Waals surface area contributed by atoms with Gasteiger partial charge in [0.2, 0.25) is 11.7 Å². The summed E-state index contributed by atoms with van der Waals surface area (Å²) in [5, 5.41) is 4.47. The second kappa shape index (κ2) is 8.88. The molecular formula is C19H19ClIN3O3. The Kier molecular flexibility index (Phi) is 6.54. The Hall–Kier alpha value is -1.87. The number of aromatic nitrogens is 3. The summed E-state index contributed by atoms with van der Waals surface area (Å²) in [7, 11) is 0. The third-order valence-corrected chi connectivity index (χ3v) is 4.59. The molecule has 0 saturated carbocycles. The van der Waals surface area contributed by atoms with Gasteiger partial charge in [-0.3, -0.25) is 0 Å². The van der Waals surface area contributed by atoms with Gasteiger partial charge in [-0.05, 0) is 67.1 Å². The summed E-state index contributed by atoms with van der Waals surface area (Å²) in [4.78, 5) is 8.68. The maximum Gasteiger partial charge on any atom is 0.259 e. The second-order valence-corrected chi connectivity index (χ2v) is 7.66. The average Bonchev–Trinajstić information content (AvgIpc) is 3.12. The minimum atomic E-state index is 0.114. The van der Waals surface area contributed by atoms with Gasteiger partial charge in [0, 0.05) is 11.8 Å². The molecule has 0 fully saturated rings. The number of rotatable bonds is 7. The van der Waals surface area contributed by atoms with Crippen molar-refractivity contribution in [1.29, 1.82) is 0 Å². The van der Waals surface area contributed by atoms with Crippen molar-refractivity contribution in [1.82, 2.24) is 15.1 Å². The molecule has 1 aromatic carbocycles. The van der Waals surface area contributed by atoms with Crippen molar-refractivity contribution >= 4 is 34.2 Å². The van der Waals surface area contributed by atoms with E-state index >= 15 is 0 Å². The molecule has 3 aromatic rings. The zero-order valence-corrected chi connectivity index (χ0v) is 18.1. The van der Waals surface area contributed by atoms with Crippen LogP contribution in [-0.4, -0.2) is 27.8 Å². The number of ether oxygens (including phenoxy) is 2. The lowest BCUT2D eigenvalue weighted by Crippen LogP contribution is -2.06. The van der Waals surface area contributed by atoms with Crippen molar-refractivity contribution in [3.63, 3.8) is 0 Å². The summed E-state index contributed by atoms with van der Waals surface area (Å²) < 4.78 is 17.6. The standard InChI is InChI=1S/C19H19ClIN3O3/c1-4-7-25-19-14(20)8-13(10-22-19)18-23-17(24-27-18)12-5-6-16(15(21)9-12)26-11(2)3/h5-6,8-11H,4,7H2,1-3H3. The molecule has 0 aliphatic carbocycles. The summed E-state index contributed by atoms with van der Waals surface area (Å²) in [5.41, 5.74) is 1.48. The van der Waals surface area contributed by atoms with Gasteiger partial charge in [0.1, 0.15) is 10.8 Å². The molecule has 3 rings (SSSR count). The minimum absolute atomic E-state index is 0.114. The maximum atomic E-state index is 6.23. The van der Waals surface area contributed by atoms with E-state index in [4.69, 9.17) is 25.6 Å². The summed E-state index contributed by atoms with van der Waals surface area (Å²) in [6, 6.07) is 7.48. The fourth-order valence-corrected chi connectivity index (χ4v) is 3.16. The van der Waals surface area contributed by atoms with Crippen LogP contribution in [0.3, 0.4) is 0 Å². The quantitative estimate of drug-likeness (QED) is 0.392. The third kappa shape index (κ3) is 4.90. The topological polar surface area (TPSA) is 70.3 Å². The Morgan fingerprint density at radius 3 is 2.70 bits per heavy atom. The van der Waals surface area contributed by atoms with Crippen LogP contribution in [0.5, 0.6) is 11.6 Å². The molecule has 0 unspecified atom stereocenters. The molecule has 2 heterocycles. The number of pyridine rings is 1. The highest BCUT2D eigenvalue weighted by Crippen LogP contribution is 2.30. The van der Waals surface area contributed by atoms with E-state index in [0.29, 0.717) is 34.8 Å². The number of nitrogens with zero attached hydrogens (tertiary/aromatic N) is 3. The van der Waals surface area contributed by atoms with Gasteiger partial charge >= 0.3 is 0 Å². The predicted octanol–water partition coefficient (Wildman–Crippen LogP) is 5.63. The lowest BCUT2D eigenvalue weighted by Gasteiger charge is -2.11. The fraction of sp³-hybridized carbons (Fsp3) is 0.316. The van der Waals surface area contributed by atoms with Crippen molar-refractivity contribution in [2.75, 3.05) is 6.61 Å². The zero-order chi connectivity index (χ0) is 19.4. The van der Waals surface area contributed by atoms with Crippen LogP contribution in [0.1, 0.15) is 27.2 Å². The van der Waals surface area contributed by atoms with E-state index in [1.165, 1.54) is 0 Å². The zero-order valence-electron chi connectivity index (χ0n) is 15.2. The molecule has 0 N–H and O–H groups in total. The fourth-order valence-electron chi connectivity index (χ4n) is 2.29. The van der Waals surface area contributed by atoms with Crippen LogP contribution in [-0.2, 0) is 0 Å². The third-order valence-electron chi connectivity index (χ3n) is 3.48. The highest BCUT2D eigenvalue weighted by Gasteiger charge is 2.15. The van der Waals surface area contributed by atoms with Gasteiger partial charge in [0.15, 0.2) is 0 Å². The molecule has 27 heavy (non-hydrogen) atoms. The van der Waals surface area contributed by atoms with Crippen molar-refractivity contribution < 1.29 is 14.0 Å². The van der Waals surface area contributed by atoms with E-state index in [9.17, 15) is 0 Å². The largest absolute Gasteiger partial charge is 0.490 e. The first-order valence-electron chi connectivity index (χ1n) is 8.57. The summed E-state index contributed by atoms with van der Waals surface area (Å²) in [6.07, 6.45) is 2.60. The molecule has 0 spiro atoms. The number of halogens is 2. The Morgan fingerprint density at radius 1 is 1.22 bits per heavy atom. The van der Waals surface area contributed by atoms with Crippen LogP contribution in [0, 0.1) is 3.57 Å². The first-order chi connectivity index (χ1) is 13.0. The van der Waals surface area contributed by atoms with Gasteiger partial charge in [-0.2, -0.15) is 4.98 Å². The van der Waals surface area contributed by atoms with E-state index in [0.717, 1.165) is 21.3 Å². The van der Waals surface area contributed by atoms with Crippen LogP contribution in [0.4, 0.5) is 0 Å². The van der Waals surface area contributed by atoms with Gasteiger partial charge < -0.3 is 14.0 Å². The molecule has 0 atom stereocenters. The molecule has 6 nitrogen and oxygen atoms in total. The van der Waals surface area contributed by atoms with Gasteiger partial charge in [0.25, 0.3) is 5.89 Å². The number of hydrogen-bond acceptors (Lipinski definition) is 6. The van der Waals surface area contributed by atoms with Gasteiger partial charge in [-0.1, -0.05) is 23.7 Å². The molecule has 8 heteroatoms. The van der Waals surface area contributed by atoms with Crippen molar-refractivity contribution in [2.45, 2.75) is 33.3 Å². The van der Waals surface area contributed by atoms with E-state index < -0.39 is 0 Å². The maximum absolute atomic E-state index is 6.23. The molecule has 0 aliphatic rings.